The third-order valence-corrected chi connectivity index (χ3v) is 4.45. The molecule has 0 fully saturated rings. The molecule has 4 rings (SSSR count). The van der Waals surface area contributed by atoms with Crippen molar-refractivity contribution in [2.75, 3.05) is 0 Å². The Morgan fingerprint density at radius 3 is 2.35 bits per heavy atom. The number of nitrogens with one attached hydrogen (secondary N) is 1. The SMILES string of the molecule is O=C(CCCc1c[nH]c2ccccc12)ON1C(=O)c2ccccc2C1=O. The smallest absolute Gasteiger partial charge is 0.333 e. The zero-order valence-electron chi connectivity index (χ0n) is 13.9. The number of carbonyl (C=O) groups is 3. The third kappa shape index (κ3) is 2.75. The summed E-state index contributed by atoms with van der Waals surface area (Å²) >= 11 is 0. The maximum absolute atomic E-state index is 12.2. The number of hydrogen-bond donors (Lipinski definition) is 1. The zero-order valence-corrected chi connectivity index (χ0v) is 13.9. The first-order valence-electron chi connectivity index (χ1n) is 8.39. The average Bonchev–Trinajstić information content (AvgIpc) is 3.17. The van der Waals surface area contributed by atoms with E-state index in [0.29, 0.717) is 17.9 Å². The summed E-state index contributed by atoms with van der Waals surface area (Å²) in [5, 5.41) is 1.68. The van der Waals surface area contributed by atoms with Crippen molar-refractivity contribution >= 4 is 28.7 Å². The number of rotatable bonds is 5. The summed E-state index contributed by atoms with van der Waals surface area (Å²) in [6, 6.07) is 14.4. The molecule has 1 N–H and O–H groups in total. The van der Waals surface area contributed by atoms with Crippen molar-refractivity contribution in [2.45, 2.75) is 19.3 Å². The van der Waals surface area contributed by atoms with E-state index in [2.05, 4.69) is 4.98 Å². The highest BCUT2D eigenvalue weighted by molar-refractivity contribution is 6.20. The van der Waals surface area contributed by atoms with Crippen LogP contribution in [-0.4, -0.2) is 27.8 Å². The van der Waals surface area contributed by atoms with E-state index < -0.39 is 17.8 Å². The van der Waals surface area contributed by atoms with Gasteiger partial charge < -0.3 is 9.82 Å². The van der Waals surface area contributed by atoms with Crippen LogP contribution in [0.25, 0.3) is 10.9 Å². The lowest BCUT2D eigenvalue weighted by Gasteiger charge is -2.12. The molecule has 1 aromatic heterocycles. The van der Waals surface area contributed by atoms with Gasteiger partial charge in [0.25, 0.3) is 11.8 Å². The number of H-pyrrole nitrogens is 1. The van der Waals surface area contributed by atoms with Gasteiger partial charge in [-0.1, -0.05) is 35.4 Å². The van der Waals surface area contributed by atoms with Crippen molar-refractivity contribution in [3.63, 3.8) is 0 Å². The number of para-hydroxylation sites is 1. The molecule has 6 heteroatoms. The van der Waals surface area contributed by atoms with Gasteiger partial charge in [-0.2, -0.15) is 0 Å². The number of aromatic amines is 1. The Morgan fingerprint density at radius 2 is 1.62 bits per heavy atom. The number of fused-ring (bicyclic) bond motifs is 2. The van der Waals surface area contributed by atoms with E-state index in [4.69, 9.17) is 4.84 Å². The number of aromatic nitrogens is 1. The van der Waals surface area contributed by atoms with Crippen LogP contribution in [0.15, 0.2) is 54.7 Å². The van der Waals surface area contributed by atoms with Crippen LogP contribution in [0.5, 0.6) is 0 Å². The number of carbonyl (C=O) groups excluding carboxylic acids is 3. The highest BCUT2D eigenvalue weighted by atomic mass is 16.7. The molecule has 0 saturated heterocycles. The van der Waals surface area contributed by atoms with Crippen molar-refractivity contribution in [3.8, 4) is 0 Å². The quantitative estimate of drug-likeness (QED) is 0.718. The molecule has 2 aromatic carbocycles. The van der Waals surface area contributed by atoms with Crippen LogP contribution >= 0.6 is 0 Å². The minimum atomic E-state index is -0.601. The topological polar surface area (TPSA) is 79.5 Å². The highest BCUT2D eigenvalue weighted by Crippen LogP contribution is 2.23. The second-order valence-corrected chi connectivity index (χ2v) is 6.13. The summed E-state index contributed by atoms with van der Waals surface area (Å²) in [6.07, 6.45) is 3.30. The number of nitrogens with zero attached hydrogens (tertiary/aromatic N) is 1. The Hall–Kier alpha value is -3.41. The van der Waals surface area contributed by atoms with Crippen LogP contribution in [0.4, 0.5) is 0 Å². The second kappa shape index (κ2) is 6.48. The summed E-state index contributed by atoms with van der Waals surface area (Å²) in [7, 11) is 0. The standard InChI is InChI=1S/C20H16N2O4/c23-18(11-5-6-13-12-21-17-10-4-3-7-14(13)17)26-22-19(24)15-8-1-2-9-16(15)20(22)25/h1-4,7-10,12,21H,5-6,11H2. The summed E-state index contributed by atoms with van der Waals surface area (Å²) in [6.45, 7) is 0. The summed E-state index contributed by atoms with van der Waals surface area (Å²) in [4.78, 5) is 44.6. The molecule has 130 valence electrons. The lowest BCUT2D eigenvalue weighted by atomic mass is 10.1. The molecule has 0 atom stereocenters. The van der Waals surface area contributed by atoms with Gasteiger partial charge in [0.2, 0.25) is 0 Å². The normalized spacial score (nSPS) is 13.3. The maximum Gasteiger partial charge on any atom is 0.333 e. The molecule has 2 heterocycles. The van der Waals surface area contributed by atoms with Crippen LogP contribution in [0.1, 0.15) is 39.1 Å². The van der Waals surface area contributed by atoms with Gasteiger partial charge in [0.15, 0.2) is 0 Å². The molecule has 0 bridgehead atoms. The average molecular weight is 348 g/mol. The number of aryl methyl sites for hydroxylation is 1. The number of imide groups is 1. The van der Waals surface area contributed by atoms with Crippen molar-refractivity contribution in [3.05, 3.63) is 71.4 Å². The molecule has 0 radical (unpaired) electrons. The van der Waals surface area contributed by atoms with Crippen molar-refractivity contribution < 1.29 is 19.2 Å². The first kappa shape index (κ1) is 16.1. The Kier molecular flexibility index (Phi) is 4.01. The fourth-order valence-corrected chi connectivity index (χ4v) is 3.16. The molecule has 1 aliphatic heterocycles. The van der Waals surface area contributed by atoms with Gasteiger partial charge in [-0.25, -0.2) is 4.79 Å². The van der Waals surface area contributed by atoms with Crippen molar-refractivity contribution in [1.82, 2.24) is 10.0 Å². The van der Waals surface area contributed by atoms with Crippen LogP contribution in [0, 0.1) is 0 Å². The summed E-state index contributed by atoms with van der Waals surface area (Å²) in [5.74, 6) is -1.80. The van der Waals surface area contributed by atoms with Crippen LogP contribution < -0.4 is 0 Å². The lowest BCUT2D eigenvalue weighted by Crippen LogP contribution is -2.32. The van der Waals surface area contributed by atoms with Gasteiger partial charge in [-0.3, -0.25) is 9.59 Å². The minimum Gasteiger partial charge on any atom is -0.361 e. The summed E-state index contributed by atoms with van der Waals surface area (Å²) < 4.78 is 0. The minimum absolute atomic E-state index is 0.118. The van der Waals surface area contributed by atoms with E-state index in [9.17, 15) is 14.4 Å². The van der Waals surface area contributed by atoms with Crippen molar-refractivity contribution in [1.29, 1.82) is 0 Å². The van der Waals surface area contributed by atoms with Gasteiger partial charge in [0.1, 0.15) is 0 Å². The lowest BCUT2D eigenvalue weighted by molar-refractivity contribution is -0.168. The predicted molar refractivity (Wildman–Crippen MR) is 94.3 cm³/mol. The second-order valence-electron chi connectivity index (χ2n) is 6.13. The molecule has 3 aromatic rings. The molecule has 1 aliphatic rings. The molecule has 0 saturated carbocycles. The molecule has 6 nitrogen and oxygen atoms in total. The maximum atomic E-state index is 12.2. The third-order valence-electron chi connectivity index (χ3n) is 4.45. The number of hydroxylamine groups is 2. The highest BCUT2D eigenvalue weighted by Gasteiger charge is 2.38. The van der Waals surface area contributed by atoms with Gasteiger partial charge in [-0.05, 0) is 36.6 Å². The Labute approximate surface area is 149 Å². The number of amides is 2. The van der Waals surface area contributed by atoms with Gasteiger partial charge in [0.05, 0.1) is 11.1 Å². The fourth-order valence-electron chi connectivity index (χ4n) is 3.16. The van der Waals surface area contributed by atoms with E-state index in [1.54, 1.807) is 24.3 Å². The molecule has 0 aliphatic carbocycles. The van der Waals surface area contributed by atoms with E-state index in [1.807, 2.05) is 30.5 Å². The van der Waals surface area contributed by atoms with Gasteiger partial charge in [-0.15, -0.1) is 0 Å². The Balaban J connectivity index is 1.35. The molecule has 0 spiro atoms. The van der Waals surface area contributed by atoms with Crippen LogP contribution in [0.3, 0.4) is 0 Å². The van der Waals surface area contributed by atoms with E-state index in [-0.39, 0.29) is 17.5 Å². The molecule has 2 amide bonds. The first-order valence-corrected chi connectivity index (χ1v) is 8.39. The Morgan fingerprint density at radius 1 is 0.962 bits per heavy atom. The monoisotopic (exact) mass is 348 g/mol. The predicted octanol–water partition coefficient (Wildman–Crippen LogP) is 3.25. The van der Waals surface area contributed by atoms with Gasteiger partial charge >= 0.3 is 5.97 Å². The summed E-state index contributed by atoms with van der Waals surface area (Å²) in [5.41, 5.74) is 2.68. The van der Waals surface area contributed by atoms with Crippen LogP contribution in [-0.2, 0) is 16.1 Å². The van der Waals surface area contributed by atoms with E-state index in [1.165, 1.54) is 0 Å². The molecule has 0 unspecified atom stereocenters. The van der Waals surface area contributed by atoms with E-state index in [0.717, 1.165) is 16.5 Å². The van der Waals surface area contributed by atoms with Crippen LogP contribution in [0.2, 0.25) is 0 Å². The molecule has 26 heavy (non-hydrogen) atoms. The molecular formula is C20H16N2O4. The number of benzene rings is 2. The zero-order chi connectivity index (χ0) is 18.1. The number of hydrogen-bond acceptors (Lipinski definition) is 4. The van der Waals surface area contributed by atoms with Gasteiger partial charge in [0, 0.05) is 23.5 Å². The first-order chi connectivity index (χ1) is 12.6. The van der Waals surface area contributed by atoms with E-state index >= 15 is 0 Å². The largest absolute Gasteiger partial charge is 0.361 e. The fraction of sp³-hybridized carbons (Fsp3) is 0.150. The van der Waals surface area contributed by atoms with Crippen molar-refractivity contribution in [2.24, 2.45) is 0 Å². The Bertz CT molecular complexity index is 986. The molecular weight excluding hydrogens is 332 g/mol.